The van der Waals surface area contributed by atoms with Crippen LogP contribution in [0.25, 0.3) is 10.6 Å². The highest BCUT2D eigenvalue weighted by Crippen LogP contribution is 2.33. The normalized spacial score (nSPS) is 10.5. The van der Waals surface area contributed by atoms with Crippen LogP contribution in [-0.4, -0.2) is 16.1 Å². The Morgan fingerprint density at radius 3 is 2.82 bits per heavy atom. The predicted molar refractivity (Wildman–Crippen MR) is 68.9 cm³/mol. The number of thiazole rings is 1. The largest absolute Gasteiger partial charge is 0.481 e. The van der Waals surface area contributed by atoms with Gasteiger partial charge in [0.2, 0.25) is 0 Å². The molecule has 3 nitrogen and oxygen atoms in total. The number of aromatic nitrogens is 1. The SMILES string of the molecule is O=C(O)Cc1cnc(-c2ccc(Cl)cc2Cl)s1. The first-order valence-electron chi connectivity index (χ1n) is 4.68. The van der Waals surface area contributed by atoms with Gasteiger partial charge in [0.1, 0.15) is 5.01 Å². The van der Waals surface area contributed by atoms with Crippen molar-refractivity contribution < 1.29 is 9.90 Å². The molecule has 0 aliphatic carbocycles. The van der Waals surface area contributed by atoms with E-state index in [2.05, 4.69) is 4.98 Å². The van der Waals surface area contributed by atoms with Crippen LogP contribution >= 0.6 is 34.5 Å². The molecule has 0 unspecified atom stereocenters. The van der Waals surface area contributed by atoms with Crippen LogP contribution in [0.2, 0.25) is 10.0 Å². The molecule has 1 heterocycles. The molecule has 6 heteroatoms. The molecule has 88 valence electrons. The Balaban J connectivity index is 2.33. The molecule has 0 aliphatic heterocycles. The van der Waals surface area contributed by atoms with Crippen LogP contribution in [0.3, 0.4) is 0 Å². The number of benzene rings is 1. The van der Waals surface area contributed by atoms with Crippen molar-refractivity contribution in [1.82, 2.24) is 4.98 Å². The lowest BCUT2D eigenvalue weighted by Crippen LogP contribution is -1.97. The van der Waals surface area contributed by atoms with Crippen LogP contribution in [0, 0.1) is 0 Å². The maximum absolute atomic E-state index is 10.6. The molecule has 0 bridgehead atoms. The molecule has 0 atom stereocenters. The summed E-state index contributed by atoms with van der Waals surface area (Å²) in [5, 5.41) is 10.4. The molecule has 1 aromatic heterocycles. The minimum absolute atomic E-state index is 0.0249. The van der Waals surface area contributed by atoms with Gasteiger partial charge in [-0.05, 0) is 18.2 Å². The highest BCUT2D eigenvalue weighted by molar-refractivity contribution is 7.15. The number of carboxylic acid groups (broad SMARTS) is 1. The molecule has 0 radical (unpaired) electrons. The Morgan fingerprint density at radius 2 is 2.18 bits per heavy atom. The van der Waals surface area contributed by atoms with Crippen molar-refractivity contribution in [3.8, 4) is 10.6 Å². The van der Waals surface area contributed by atoms with Crippen molar-refractivity contribution in [3.63, 3.8) is 0 Å². The minimum atomic E-state index is -0.873. The summed E-state index contributed by atoms with van der Waals surface area (Å²) in [6.07, 6.45) is 1.53. The zero-order chi connectivity index (χ0) is 12.4. The monoisotopic (exact) mass is 287 g/mol. The summed E-state index contributed by atoms with van der Waals surface area (Å²) in [6, 6.07) is 5.13. The van der Waals surface area contributed by atoms with E-state index < -0.39 is 5.97 Å². The molecule has 2 rings (SSSR count). The van der Waals surface area contributed by atoms with Crippen LogP contribution in [0.1, 0.15) is 4.88 Å². The molecular weight excluding hydrogens is 281 g/mol. The van der Waals surface area contributed by atoms with Gasteiger partial charge in [0.05, 0.1) is 11.4 Å². The van der Waals surface area contributed by atoms with Gasteiger partial charge in [0.15, 0.2) is 0 Å². The second-order valence-corrected chi connectivity index (χ2v) is 5.29. The average molecular weight is 288 g/mol. The summed E-state index contributed by atoms with van der Waals surface area (Å²) in [6.45, 7) is 0. The number of nitrogens with zero attached hydrogens (tertiary/aromatic N) is 1. The third kappa shape index (κ3) is 2.97. The van der Waals surface area contributed by atoms with Gasteiger partial charge in [-0.3, -0.25) is 4.79 Å². The minimum Gasteiger partial charge on any atom is -0.481 e. The molecule has 2 aromatic rings. The summed E-state index contributed by atoms with van der Waals surface area (Å²) in [7, 11) is 0. The van der Waals surface area contributed by atoms with Gasteiger partial charge in [0, 0.05) is 21.7 Å². The first kappa shape index (κ1) is 12.4. The molecule has 0 amide bonds. The highest BCUT2D eigenvalue weighted by Gasteiger charge is 2.10. The summed E-state index contributed by atoms with van der Waals surface area (Å²) in [5.74, 6) is -0.873. The zero-order valence-corrected chi connectivity index (χ0v) is 10.8. The second-order valence-electron chi connectivity index (χ2n) is 3.33. The maximum atomic E-state index is 10.6. The summed E-state index contributed by atoms with van der Waals surface area (Å²) < 4.78 is 0. The Labute approximate surface area is 112 Å². The molecule has 1 aromatic carbocycles. The molecule has 0 saturated heterocycles. The van der Waals surface area contributed by atoms with Gasteiger partial charge < -0.3 is 5.11 Å². The second kappa shape index (κ2) is 5.04. The van der Waals surface area contributed by atoms with E-state index >= 15 is 0 Å². The van der Waals surface area contributed by atoms with Crippen molar-refractivity contribution in [3.05, 3.63) is 39.3 Å². The van der Waals surface area contributed by atoms with Crippen molar-refractivity contribution in [2.45, 2.75) is 6.42 Å². The van der Waals surface area contributed by atoms with Crippen molar-refractivity contribution >= 4 is 40.5 Å². The van der Waals surface area contributed by atoms with Crippen molar-refractivity contribution in [2.75, 3.05) is 0 Å². The summed E-state index contributed by atoms with van der Waals surface area (Å²) in [4.78, 5) is 15.4. The highest BCUT2D eigenvalue weighted by atomic mass is 35.5. The van der Waals surface area contributed by atoms with Gasteiger partial charge in [-0.2, -0.15) is 0 Å². The van der Waals surface area contributed by atoms with Crippen LogP contribution in [-0.2, 0) is 11.2 Å². The van der Waals surface area contributed by atoms with E-state index in [0.717, 1.165) is 5.56 Å². The molecule has 0 aliphatic rings. The fraction of sp³-hybridized carbons (Fsp3) is 0.0909. The summed E-state index contributed by atoms with van der Waals surface area (Å²) in [5.41, 5.74) is 0.762. The standard InChI is InChI=1S/C11H7Cl2NO2S/c12-6-1-2-8(9(13)3-6)11-14-5-7(17-11)4-10(15)16/h1-3,5H,4H2,(H,15,16). The number of hydrogen-bond donors (Lipinski definition) is 1. The van der Waals surface area contributed by atoms with Gasteiger partial charge in [-0.1, -0.05) is 23.2 Å². The quantitative estimate of drug-likeness (QED) is 0.935. The lowest BCUT2D eigenvalue weighted by atomic mass is 10.2. The lowest BCUT2D eigenvalue weighted by Gasteiger charge is -2.00. The number of hydrogen-bond acceptors (Lipinski definition) is 3. The molecule has 0 fully saturated rings. The Bertz CT molecular complexity index is 568. The van der Waals surface area contributed by atoms with Crippen LogP contribution < -0.4 is 0 Å². The van der Waals surface area contributed by atoms with Crippen LogP contribution in [0.4, 0.5) is 0 Å². The third-order valence-electron chi connectivity index (χ3n) is 2.04. The third-order valence-corrected chi connectivity index (χ3v) is 3.62. The van der Waals surface area contributed by atoms with Crippen molar-refractivity contribution in [1.29, 1.82) is 0 Å². The number of carbonyl (C=O) groups is 1. The topological polar surface area (TPSA) is 50.2 Å². The zero-order valence-electron chi connectivity index (χ0n) is 8.48. The molecule has 1 N–H and O–H groups in total. The molecule has 0 saturated carbocycles. The van der Waals surface area contributed by atoms with E-state index in [-0.39, 0.29) is 6.42 Å². The first-order valence-corrected chi connectivity index (χ1v) is 6.25. The Morgan fingerprint density at radius 1 is 1.41 bits per heavy atom. The molecule has 17 heavy (non-hydrogen) atoms. The van der Waals surface area contributed by atoms with E-state index in [9.17, 15) is 4.79 Å². The van der Waals surface area contributed by atoms with E-state index in [1.807, 2.05) is 0 Å². The number of aliphatic carboxylic acids is 1. The van der Waals surface area contributed by atoms with Gasteiger partial charge >= 0.3 is 5.97 Å². The molecule has 0 spiro atoms. The van der Waals surface area contributed by atoms with E-state index in [1.54, 1.807) is 24.4 Å². The van der Waals surface area contributed by atoms with E-state index in [1.165, 1.54) is 11.3 Å². The lowest BCUT2D eigenvalue weighted by molar-refractivity contribution is -0.136. The van der Waals surface area contributed by atoms with Crippen LogP contribution in [0.5, 0.6) is 0 Å². The number of carboxylic acids is 1. The predicted octanol–water partition coefficient (Wildman–Crippen LogP) is 3.74. The van der Waals surface area contributed by atoms with E-state index in [4.69, 9.17) is 28.3 Å². The van der Waals surface area contributed by atoms with Gasteiger partial charge in [-0.25, -0.2) is 4.98 Å². The van der Waals surface area contributed by atoms with Crippen LogP contribution in [0.15, 0.2) is 24.4 Å². The maximum Gasteiger partial charge on any atom is 0.308 e. The van der Waals surface area contributed by atoms with Crippen molar-refractivity contribution in [2.24, 2.45) is 0 Å². The number of halogens is 2. The first-order chi connectivity index (χ1) is 8.06. The fourth-order valence-electron chi connectivity index (χ4n) is 1.33. The summed E-state index contributed by atoms with van der Waals surface area (Å²) >= 11 is 13.2. The Hall–Kier alpha value is -1.10. The fourth-order valence-corrected chi connectivity index (χ4v) is 2.82. The average Bonchev–Trinajstić information content (AvgIpc) is 2.65. The van der Waals surface area contributed by atoms with Gasteiger partial charge in [0.25, 0.3) is 0 Å². The number of rotatable bonds is 3. The smallest absolute Gasteiger partial charge is 0.308 e. The van der Waals surface area contributed by atoms with Gasteiger partial charge in [-0.15, -0.1) is 11.3 Å². The molecular formula is C11H7Cl2NO2S. The Kier molecular flexibility index (Phi) is 3.66. The van der Waals surface area contributed by atoms with E-state index in [0.29, 0.717) is 19.9 Å².